The molecular formula is C18H22N4O5. The largest absolute Gasteiger partial charge is 0.466 e. The van der Waals surface area contributed by atoms with Gasteiger partial charge in [0, 0.05) is 31.8 Å². The molecule has 3 heterocycles. The summed E-state index contributed by atoms with van der Waals surface area (Å²) < 4.78 is 6.87. The summed E-state index contributed by atoms with van der Waals surface area (Å²) in [5.74, 6) is 0.838. The third-order valence-corrected chi connectivity index (χ3v) is 4.68. The first-order valence-corrected chi connectivity index (χ1v) is 8.66. The third kappa shape index (κ3) is 4.02. The molecule has 144 valence electrons. The number of nitrogens with zero attached hydrogens (tertiary/aromatic N) is 2. The van der Waals surface area contributed by atoms with Crippen LogP contribution in [0.3, 0.4) is 0 Å². The van der Waals surface area contributed by atoms with Gasteiger partial charge in [0.1, 0.15) is 18.1 Å². The molecule has 3 rings (SSSR count). The summed E-state index contributed by atoms with van der Waals surface area (Å²) in [5, 5.41) is 2.87. The molecule has 2 N–H and O–H groups in total. The fourth-order valence-corrected chi connectivity index (χ4v) is 3.34. The van der Waals surface area contributed by atoms with E-state index < -0.39 is 11.2 Å². The molecule has 0 radical (unpaired) electrons. The molecule has 2 atom stereocenters. The summed E-state index contributed by atoms with van der Waals surface area (Å²) in [5.41, 5.74) is -0.748. The number of aromatic nitrogens is 2. The summed E-state index contributed by atoms with van der Waals surface area (Å²) >= 11 is 0. The van der Waals surface area contributed by atoms with Crippen LogP contribution in [0.5, 0.6) is 0 Å². The van der Waals surface area contributed by atoms with E-state index in [0.29, 0.717) is 24.4 Å². The second-order valence-electron chi connectivity index (χ2n) is 6.86. The van der Waals surface area contributed by atoms with Crippen LogP contribution in [0.25, 0.3) is 0 Å². The molecule has 9 nitrogen and oxygen atoms in total. The Morgan fingerprint density at radius 3 is 2.63 bits per heavy atom. The lowest BCUT2D eigenvalue weighted by Gasteiger charge is -2.17. The van der Waals surface area contributed by atoms with Gasteiger partial charge in [-0.25, -0.2) is 4.79 Å². The minimum Gasteiger partial charge on any atom is -0.466 e. The summed E-state index contributed by atoms with van der Waals surface area (Å²) in [6, 6.07) is 3.41. The van der Waals surface area contributed by atoms with Gasteiger partial charge in [-0.05, 0) is 26.0 Å². The lowest BCUT2D eigenvalue weighted by Crippen LogP contribution is -2.41. The lowest BCUT2D eigenvalue weighted by atomic mass is 10.0. The minimum absolute atomic E-state index is 0.166. The third-order valence-electron chi connectivity index (χ3n) is 4.68. The molecule has 1 saturated heterocycles. The van der Waals surface area contributed by atoms with E-state index in [9.17, 15) is 19.2 Å². The number of hydrogen-bond acceptors (Lipinski definition) is 5. The number of aryl methyl sites for hydroxylation is 2. The van der Waals surface area contributed by atoms with Crippen molar-refractivity contribution in [1.82, 2.24) is 19.8 Å². The quantitative estimate of drug-likeness (QED) is 0.774. The van der Waals surface area contributed by atoms with E-state index in [0.717, 1.165) is 5.76 Å². The molecule has 2 aromatic rings. The number of carbonyl (C=O) groups is 2. The lowest BCUT2D eigenvalue weighted by molar-refractivity contribution is -0.131. The molecule has 2 amide bonds. The first kappa shape index (κ1) is 18.7. The van der Waals surface area contributed by atoms with Crippen molar-refractivity contribution in [3.05, 3.63) is 56.3 Å². The van der Waals surface area contributed by atoms with Crippen LogP contribution in [0.1, 0.15) is 29.9 Å². The van der Waals surface area contributed by atoms with Crippen LogP contribution in [0.4, 0.5) is 0 Å². The van der Waals surface area contributed by atoms with Crippen molar-refractivity contribution in [1.29, 1.82) is 0 Å². The Balaban J connectivity index is 1.79. The number of nitrogens with one attached hydrogen (secondary N) is 2. The first-order chi connectivity index (χ1) is 12.7. The zero-order valence-corrected chi connectivity index (χ0v) is 15.4. The second-order valence-corrected chi connectivity index (χ2v) is 6.86. The van der Waals surface area contributed by atoms with E-state index in [-0.39, 0.29) is 30.3 Å². The Labute approximate surface area is 155 Å². The predicted molar refractivity (Wildman–Crippen MR) is 96.4 cm³/mol. The van der Waals surface area contributed by atoms with Crippen LogP contribution >= 0.6 is 0 Å². The highest BCUT2D eigenvalue weighted by molar-refractivity contribution is 5.77. The van der Waals surface area contributed by atoms with E-state index in [2.05, 4.69) is 10.3 Å². The van der Waals surface area contributed by atoms with E-state index in [4.69, 9.17) is 4.42 Å². The number of furan rings is 1. The monoisotopic (exact) mass is 374 g/mol. The summed E-state index contributed by atoms with van der Waals surface area (Å²) in [6.45, 7) is 5.33. The van der Waals surface area contributed by atoms with E-state index in [1.54, 1.807) is 11.8 Å². The molecule has 0 unspecified atom stereocenters. The van der Waals surface area contributed by atoms with Crippen molar-refractivity contribution in [2.75, 3.05) is 13.1 Å². The zero-order valence-electron chi connectivity index (χ0n) is 15.4. The molecule has 27 heavy (non-hydrogen) atoms. The van der Waals surface area contributed by atoms with Crippen molar-refractivity contribution in [3.63, 3.8) is 0 Å². The molecule has 1 aliphatic heterocycles. The number of rotatable bonds is 4. The van der Waals surface area contributed by atoms with Gasteiger partial charge in [-0.1, -0.05) is 0 Å². The van der Waals surface area contributed by atoms with Gasteiger partial charge >= 0.3 is 5.69 Å². The maximum atomic E-state index is 12.7. The van der Waals surface area contributed by atoms with Crippen molar-refractivity contribution < 1.29 is 14.0 Å². The van der Waals surface area contributed by atoms with Gasteiger partial charge in [-0.2, -0.15) is 0 Å². The van der Waals surface area contributed by atoms with Gasteiger partial charge in [0.2, 0.25) is 11.8 Å². The smallest absolute Gasteiger partial charge is 0.328 e. The number of aromatic amines is 1. The van der Waals surface area contributed by atoms with Crippen molar-refractivity contribution in [2.45, 2.75) is 39.3 Å². The Morgan fingerprint density at radius 1 is 1.26 bits per heavy atom. The highest BCUT2D eigenvalue weighted by Gasteiger charge is 2.38. The fourth-order valence-electron chi connectivity index (χ4n) is 3.34. The number of likely N-dealkylation sites (tertiary alicyclic amines) is 1. The average molecular weight is 374 g/mol. The maximum Gasteiger partial charge on any atom is 0.328 e. The molecule has 1 aliphatic rings. The van der Waals surface area contributed by atoms with Crippen LogP contribution in [0.15, 0.2) is 32.3 Å². The summed E-state index contributed by atoms with van der Waals surface area (Å²) in [4.78, 5) is 51.4. The van der Waals surface area contributed by atoms with E-state index in [1.807, 2.05) is 19.1 Å². The molecule has 0 bridgehead atoms. The van der Waals surface area contributed by atoms with Gasteiger partial charge in [0.05, 0.1) is 12.0 Å². The van der Waals surface area contributed by atoms with Gasteiger partial charge in [-0.15, -0.1) is 0 Å². The van der Waals surface area contributed by atoms with Gasteiger partial charge in [0.15, 0.2) is 0 Å². The standard InChI is InChI=1S/C18H22N4O5/c1-10-6-22(18(26)20-17(10)25)9-16(24)21-7-13(14(8-21)19-12(3)23)15-5-4-11(2)27-15/h4-6,13-14H,7-9H2,1-3H3,(H,19,23)(H,20,25,26)/t13-,14-/m1/s1. The Kier molecular flexibility index (Phi) is 5.02. The molecule has 1 fully saturated rings. The number of hydrogen-bond donors (Lipinski definition) is 2. The Morgan fingerprint density at radius 2 is 2.00 bits per heavy atom. The minimum atomic E-state index is -0.630. The molecule has 0 aliphatic carbocycles. The second kappa shape index (κ2) is 7.26. The van der Waals surface area contributed by atoms with Crippen molar-refractivity contribution >= 4 is 11.8 Å². The SMILES string of the molecule is CC(=O)N[C@@H]1CN(C(=O)Cn2cc(C)c(=O)[nH]c2=O)C[C@H]1c1ccc(C)o1. The first-order valence-electron chi connectivity index (χ1n) is 8.66. The Bertz CT molecular complexity index is 986. The zero-order chi connectivity index (χ0) is 19.7. The topological polar surface area (TPSA) is 117 Å². The van der Waals surface area contributed by atoms with Crippen LogP contribution in [0.2, 0.25) is 0 Å². The normalized spacial score (nSPS) is 19.3. The molecule has 0 spiro atoms. The van der Waals surface area contributed by atoms with Crippen LogP contribution in [0, 0.1) is 13.8 Å². The van der Waals surface area contributed by atoms with E-state index >= 15 is 0 Å². The molecular weight excluding hydrogens is 352 g/mol. The summed E-state index contributed by atoms with van der Waals surface area (Å²) in [6.07, 6.45) is 1.37. The van der Waals surface area contributed by atoms with Gasteiger partial charge in [-0.3, -0.25) is 23.9 Å². The Hall–Kier alpha value is -3.10. The van der Waals surface area contributed by atoms with Crippen LogP contribution in [-0.2, 0) is 16.1 Å². The fraction of sp³-hybridized carbons (Fsp3) is 0.444. The number of carbonyl (C=O) groups excluding carboxylic acids is 2. The predicted octanol–water partition coefficient (Wildman–Crippen LogP) is -0.123. The average Bonchev–Trinajstić information content (AvgIpc) is 3.18. The van der Waals surface area contributed by atoms with Crippen LogP contribution < -0.4 is 16.6 Å². The van der Waals surface area contributed by atoms with Crippen molar-refractivity contribution in [3.8, 4) is 0 Å². The van der Waals surface area contributed by atoms with Gasteiger partial charge < -0.3 is 14.6 Å². The number of H-pyrrole nitrogens is 1. The van der Waals surface area contributed by atoms with Crippen LogP contribution in [-0.4, -0.2) is 45.4 Å². The molecule has 0 aromatic carbocycles. The van der Waals surface area contributed by atoms with Gasteiger partial charge in [0.25, 0.3) is 5.56 Å². The molecule has 9 heteroatoms. The molecule has 0 saturated carbocycles. The highest BCUT2D eigenvalue weighted by Crippen LogP contribution is 2.29. The molecule has 2 aromatic heterocycles. The highest BCUT2D eigenvalue weighted by atomic mass is 16.3. The maximum absolute atomic E-state index is 12.7. The van der Waals surface area contributed by atoms with E-state index in [1.165, 1.54) is 17.7 Å². The summed E-state index contributed by atoms with van der Waals surface area (Å²) in [7, 11) is 0. The number of amides is 2. The van der Waals surface area contributed by atoms with Crippen molar-refractivity contribution in [2.24, 2.45) is 0 Å².